The van der Waals surface area contributed by atoms with Crippen LogP contribution in [0.5, 0.6) is 0 Å². The minimum atomic E-state index is -0.195. The van der Waals surface area contributed by atoms with Gasteiger partial charge >= 0.3 is 0 Å². The molecule has 0 bridgehead atoms. The van der Waals surface area contributed by atoms with Gasteiger partial charge in [0, 0.05) is 30.9 Å². The molecule has 0 saturated carbocycles. The Bertz CT molecular complexity index is 923. The number of carbonyl (C=O) groups excluding carboxylic acids is 1. The maximum Gasteiger partial charge on any atom is 0.222 e. The van der Waals surface area contributed by atoms with Crippen LogP contribution in [0.25, 0.3) is 11.2 Å². The summed E-state index contributed by atoms with van der Waals surface area (Å²) in [4.78, 5) is 21.5. The predicted octanol–water partition coefficient (Wildman–Crippen LogP) is 3.09. The molecule has 7 heteroatoms. The van der Waals surface area contributed by atoms with Gasteiger partial charge in [-0.3, -0.25) is 9.48 Å². The van der Waals surface area contributed by atoms with Crippen LogP contribution in [0, 0.1) is 13.8 Å². The maximum absolute atomic E-state index is 12.4. The molecule has 138 valence electrons. The molecule has 1 N–H and O–H groups in total. The molecule has 3 aromatic heterocycles. The van der Waals surface area contributed by atoms with Gasteiger partial charge in [-0.2, -0.15) is 5.10 Å². The van der Waals surface area contributed by atoms with Crippen molar-refractivity contribution < 1.29 is 4.79 Å². The van der Waals surface area contributed by atoms with E-state index in [1.807, 2.05) is 43.7 Å². The Balaban J connectivity index is 1.72. The summed E-state index contributed by atoms with van der Waals surface area (Å²) in [6.45, 7) is 10.7. The number of fused-ring (bicyclic) bond motifs is 1. The molecular formula is C19H26N6O. The number of hydrogen-bond donors (Lipinski definition) is 1. The van der Waals surface area contributed by atoms with Crippen LogP contribution in [0.4, 0.5) is 0 Å². The highest BCUT2D eigenvalue weighted by molar-refractivity contribution is 5.76. The topological polar surface area (TPSA) is 77.6 Å². The van der Waals surface area contributed by atoms with Gasteiger partial charge in [0.05, 0.1) is 11.7 Å². The SMILES string of the molecule is Cc1cc(C)n(CCC(=O)NC(C)c2nc3cccnc3n2C(C)C)n1. The first kappa shape index (κ1) is 18.1. The Kier molecular flexibility index (Phi) is 5.06. The predicted molar refractivity (Wildman–Crippen MR) is 101 cm³/mol. The van der Waals surface area contributed by atoms with E-state index in [0.29, 0.717) is 13.0 Å². The van der Waals surface area contributed by atoms with Gasteiger partial charge in [-0.1, -0.05) is 0 Å². The molecule has 3 heterocycles. The fraction of sp³-hybridized carbons (Fsp3) is 0.474. The van der Waals surface area contributed by atoms with E-state index in [-0.39, 0.29) is 18.0 Å². The molecule has 0 saturated heterocycles. The first-order valence-electron chi connectivity index (χ1n) is 9.00. The molecule has 1 amide bonds. The van der Waals surface area contributed by atoms with Crippen molar-refractivity contribution in [1.82, 2.24) is 29.6 Å². The largest absolute Gasteiger partial charge is 0.346 e. The standard InChI is InChI=1S/C19H26N6O/c1-12(2)25-18(22-16-7-6-9-20-19(16)25)15(5)21-17(26)8-10-24-14(4)11-13(3)23-24/h6-7,9,11-12,15H,8,10H2,1-5H3,(H,21,26). The van der Waals surface area contributed by atoms with Gasteiger partial charge in [0.1, 0.15) is 11.3 Å². The number of imidazole rings is 1. The molecule has 0 aromatic carbocycles. The molecule has 0 radical (unpaired) electrons. The van der Waals surface area contributed by atoms with E-state index < -0.39 is 0 Å². The maximum atomic E-state index is 12.4. The van der Waals surface area contributed by atoms with Gasteiger partial charge in [-0.05, 0) is 52.8 Å². The number of rotatable bonds is 6. The Morgan fingerprint density at radius 2 is 2.04 bits per heavy atom. The number of hydrogen-bond acceptors (Lipinski definition) is 4. The third kappa shape index (κ3) is 3.61. The van der Waals surface area contributed by atoms with Gasteiger partial charge in [-0.25, -0.2) is 9.97 Å². The normalized spacial score (nSPS) is 12.7. The van der Waals surface area contributed by atoms with Crippen molar-refractivity contribution in [3.63, 3.8) is 0 Å². The summed E-state index contributed by atoms with van der Waals surface area (Å²) in [5.74, 6) is 0.813. The zero-order valence-corrected chi connectivity index (χ0v) is 16.0. The minimum absolute atomic E-state index is 0.0135. The third-order valence-electron chi connectivity index (χ3n) is 4.41. The molecule has 0 spiro atoms. The van der Waals surface area contributed by atoms with Crippen molar-refractivity contribution in [3.05, 3.63) is 41.6 Å². The van der Waals surface area contributed by atoms with Crippen molar-refractivity contribution >= 4 is 17.1 Å². The summed E-state index contributed by atoms with van der Waals surface area (Å²) in [6.07, 6.45) is 2.15. The van der Waals surface area contributed by atoms with Crippen LogP contribution in [0.15, 0.2) is 24.4 Å². The summed E-state index contributed by atoms with van der Waals surface area (Å²) in [5.41, 5.74) is 3.73. The molecule has 0 aliphatic heterocycles. The van der Waals surface area contributed by atoms with Gasteiger partial charge in [0.2, 0.25) is 5.91 Å². The highest BCUT2D eigenvalue weighted by Gasteiger charge is 2.20. The number of nitrogens with one attached hydrogen (secondary N) is 1. The Labute approximate surface area is 153 Å². The zero-order valence-electron chi connectivity index (χ0n) is 16.0. The Morgan fingerprint density at radius 3 is 2.69 bits per heavy atom. The number of carbonyl (C=O) groups is 1. The Morgan fingerprint density at radius 1 is 1.27 bits per heavy atom. The number of aryl methyl sites for hydroxylation is 3. The van der Waals surface area contributed by atoms with Crippen LogP contribution in [0.1, 0.15) is 56.5 Å². The van der Waals surface area contributed by atoms with Crippen LogP contribution >= 0.6 is 0 Å². The van der Waals surface area contributed by atoms with Crippen LogP contribution in [0.2, 0.25) is 0 Å². The number of pyridine rings is 1. The molecule has 3 rings (SSSR count). The van der Waals surface area contributed by atoms with E-state index in [2.05, 4.69) is 33.8 Å². The van der Waals surface area contributed by atoms with Gasteiger partial charge < -0.3 is 9.88 Å². The zero-order chi connectivity index (χ0) is 18.8. The van der Waals surface area contributed by atoms with E-state index in [9.17, 15) is 4.79 Å². The molecule has 0 aliphatic rings. The lowest BCUT2D eigenvalue weighted by molar-refractivity contribution is -0.122. The van der Waals surface area contributed by atoms with Crippen molar-refractivity contribution in [2.45, 2.75) is 59.7 Å². The second kappa shape index (κ2) is 7.27. The van der Waals surface area contributed by atoms with Crippen molar-refractivity contribution in [2.75, 3.05) is 0 Å². The van der Waals surface area contributed by atoms with E-state index in [0.717, 1.165) is 28.4 Å². The molecule has 1 unspecified atom stereocenters. The molecule has 3 aromatic rings. The highest BCUT2D eigenvalue weighted by atomic mass is 16.1. The third-order valence-corrected chi connectivity index (χ3v) is 4.41. The summed E-state index contributed by atoms with van der Waals surface area (Å²) >= 11 is 0. The van der Waals surface area contributed by atoms with Crippen molar-refractivity contribution in [3.8, 4) is 0 Å². The van der Waals surface area contributed by atoms with E-state index in [4.69, 9.17) is 4.98 Å². The minimum Gasteiger partial charge on any atom is -0.346 e. The fourth-order valence-electron chi connectivity index (χ4n) is 3.25. The summed E-state index contributed by atoms with van der Waals surface area (Å²) in [7, 11) is 0. The van der Waals surface area contributed by atoms with Crippen LogP contribution < -0.4 is 5.32 Å². The van der Waals surface area contributed by atoms with E-state index in [1.165, 1.54) is 0 Å². The Hall–Kier alpha value is -2.70. The van der Waals surface area contributed by atoms with Gasteiger partial charge in [-0.15, -0.1) is 0 Å². The second-order valence-corrected chi connectivity index (χ2v) is 6.97. The lowest BCUT2D eigenvalue weighted by Crippen LogP contribution is -2.30. The van der Waals surface area contributed by atoms with Gasteiger partial charge in [0.15, 0.2) is 5.65 Å². The van der Waals surface area contributed by atoms with Crippen LogP contribution in [-0.4, -0.2) is 30.2 Å². The molecular weight excluding hydrogens is 328 g/mol. The highest BCUT2D eigenvalue weighted by Crippen LogP contribution is 2.23. The summed E-state index contributed by atoms with van der Waals surface area (Å²) in [5, 5.41) is 7.46. The number of amides is 1. The lowest BCUT2D eigenvalue weighted by Gasteiger charge is -2.18. The van der Waals surface area contributed by atoms with Crippen molar-refractivity contribution in [2.24, 2.45) is 0 Å². The monoisotopic (exact) mass is 354 g/mol. The first-order valence-corrected chi connectivity index (χ1v) is 9.00. The molecule has 0 fully saturated rings. The average molecular weight is 354 g/mol. The average Bonchev–Trinajstić information content (AvgIpc) is 3.12. The molecule has 0 aliphatic carbocycles. The number of aromatic nitrogens is 5. The fourth-order valence-corrected chi connectivity index (χ4v) is 3.25. The molecule has 26 heavy (non-hydrogen) atoms. The first-order chi connectivity index (χ1) is 12.4. The smallest absolute Gasteiger partial charge is 0.222 e. The second-order valence-electron chi connectivity index (χ2n) is 6.97. The molecule has 7 nitrogen and oxygen atoms in total. The summed E-state index contributed by atoms with van der Waals surface area (Å²) in [6, 6.07) is 5.85. The van der Waals surface area contributed by atoms with Crippen molar-refractivity contribution in [1.29, 1.82) is 0 Å². The molecule has 1 atom stereocenters. The van der Waals surface area contributed by atoms with Gasteiger partial charge in [0.25, 0.3) is 0 Å². The van der Waals surface area contributed by atoms with E-state index in [1.54, 1.807) is 6.20 Å². The van der Waals surface area contributed by atoms with Crippen LogP contribution in [-0.2, 0) is 11.3 Å². The van der Waals surface area contributed by atoms with E-state index >= 15 is 0 Å². The van der Waals surface area contributed by atoms with Crippen LogP contribution in [0.3, 0.4) is 0 Å². The summed E-state index contributed by atoms with van der Waals surface area (Å²) < 4.78 is 3.95. The lowest BCUT2D eigenvalue weighted by atomic mass is 10.2. The number of nitrogens with zero attached hydrogens (tertiary/aromatic N) is 5. The quantitative estimate of drug-likeness (QED) is 0.738.